The monoisotopic (exact) mass is 331 g/mol. The Kier molecular flexibility index (Phi) is 5.25. The van der Waals surface area contributed by atoms with Crippen molar-refractivity contribution in [3.63, 3.8) is 0 Å². The van der Waals surface area contributed by atoms with E-state index in [9.17, 15) is 4.79 Å². The van der Waals surface area contributed by atoms with Crippen LogP contribution < -0.4 is 10.2 Å². The van der Waals surface area contributed by atoms with Crippen molar-refractivity contribution in [3.05, 3.63) is 45.9 Å². The highest BCUT2D eigenvalue weighted by Crippen LogP contribution is 2.16. The van der Waals surface area contributed by atoms with Gasteiger partial charge in [-0.15, -0.1) is 11.3 Å². The molecule has 122 valence electrons. The van der Waals surface area contributed by atoms with Crippen molar-refractivity contribution in [2.45, 2.75) is 32.8 Å². The van der Waals surface area contributed by atoms with E-state index in [0.29, 0.717) is 12.2 Å². The average molecular weight is 331 g/mol. The third-order valence-electron chi connectivity index (χ3n) is 3.79. The fourth-order valence-corrected chi connectivity index (χ4v) is 3.15. The van der Waals surface area contributed by atoms with Crippen molar-refractivity contribution < 1.29 is 9.53 Å². The van der Waals surface area contributed by atoms with E-state index in [-0.39, 0.29) is 5.91 Å². The molecular formula is C17H21N3O2S. The van der Waals surface area contributed by atoms with Gasteiger partial charge in [0.15, 0.2) is 0 Å². The van der Waals surface area contributed by atoms with Gasteiger partial charge in [-0.05, 0) is 44.0 Å². The lowest BCUT2D eigenvalue weighted by molar-refractivity contribution is 0.0750. The molecule has 1 aromatic heterocycles. The lowest BCUT2D eigenvalue weighted by atomic mass is 10.1. The summed E-state index contributed by atoms with van der Waals surface area (Å²) < 4.78 is 5.69. The summed E-state index contributed by atoms with van der Waals surface area (Å²) in [7, 11) is 0. The molecule has 3 rings (SSSR count). The molecule has 23 heavy (non-hydrogen) atoms. The molecule has 0 atom stereocenters. The van der Waals surface area contributed by atoms with Gasteiger partial charge >= 0.3 is 0 Å². The number of amides is 1. The number of carbonyl (C=O) groups excluding carboxylic acids is 1. The molecule has 0 aliphatic carbocycles. The molecule has 0 saturated carbocycles. The number of rotatable bonds is 5. The largest absolute Gasteiger partial charge is 0.487 e. The van der Waals surface area contributed by atoms with E-state index in [0.717, 1.165) is 42.4 Å². The lowest BCUT2D eigenvalue weighted by Gasteiger charge is -2.26. The van der Waals surface area contributed by atoms with Crippen LogP contribution in [0.4, 0.5) is 0 Å². The summed E-state index contributed by atoms with van der Waals surface area (Å²) in [6.07, 6.45) is 3.53. The molecule has 6 heteroatoms. The fourth-order valence-electron chi connectivity index (χ4n) is 2.55. The van der Waals surface area contributed by atoms with Gasteiger partial charge in [-0.1, -0.05) is 6.42 Å². The standard InChI is InChI=1S/C17H21N3O2S/c1-13-18-15(12-23-13)11-22-16-7-5-14(6-8-16)17(21)19-20-9-3-2-4-10-20/h5-8,12H,2-4,9-11H2,1H3,(H,19,21). The number of hydrazine groups is 1. The minimum atomic E-state index is -0.0615. The van der Waals surface area contributed by atoms with Crippen LogP contribution in [0.5, 0.6) is 5.75 Å². The Morgan fingerprint density at radius 1 is 1.26 bits per heavy atom. The van der Waals surface area contributed by atoms with Crippen molar-refractivity contribution in [2.24, 2.45) is 0 Å². The first-order valence-electron chi connectivity index (χ1n) is 7.90. The fraction of sp³-hybridized carbons (Fsp3) is 0.412. The summed E-state index contributed by atoms with van der Waals surface area (Å²) in [6, 6.07) is 7.23. The first kappa shape index (κ1) is 16.0. The minimum absolute atomic E-state index is 0.0615. The molecule has 5 nitrogen and oxygen atoms in total. The molecule has 1 aliphatic heterocycles. The number of carbonyl (C=O) groups is 1. The van der Waals surface area contributed by atoms with Crippen LogP contribution in [0.25, 0.3) is 0 Å². The maximum absolute atomic E-state index is 12.2. The Bertz CT molecular complexity index is 648. The molecule has 0 unspecified atom stereocenters. The van der Waals surface area contributed by atoms with E-state index in [1.165, 1.54) is 6.42 Å². The van der Waals surface area contributed by atoms with Crippen molar-refractivity contribution in [1.82, 2.24) is 15.4 Å². The molecule has 1 amide bonds. The highest BCUT2D eigenvalue weighted by atomic mass is 32.1. The third kappa shape index (κ3) is 4.53. The number of thiazole rings is 1. The predicted octanol–water partition coefficient (Wildman–Crippen LogP) is 3.16. The quantitative estimate of drug-likeness (QED) is 0.914. The van der Waals surface area contributed by atoms with Crippen LogP contribution in [0.1, 0.15) is 40.3 Å². The van der Waals surface area contributed by atoms with Gasteiger partial charge in [0.25, 0.3) is 5.91 Å². The number of benzene rings is 1. The van der Waals surface area contributed by atoms with Crippen molar-refractivity contribution >= 4 is 17.2 Å². The van der Waals surface area contributed by atoms with E-state index < -0.39 is 0 Å². The van der Waals surface area contributed by atoms with Crippen LogP contribution in [0.2, 0.25) is 0 Å². The van der Waals surface area contributed by atoms with E-state index in [4.69, 9.17) is 4.74 Å². The molecule has 0 radical (unpaired) electrons. The van der Waals surface area contributed by atoms with Gasteiger partial charge < -0.3 is 4.74 Å². The Labute approximate surface area is 140 Å². The maximum Gasteiger partial charge on any atom is 0.265 e. The molecule has 1 aromatic carbocycles. The average Bonchev–Trinajstić information content (AvgIpc) is 3.00. The van der Waals surface area contributed by atoms with Gasteiger partial charge in [0.05, 0.1) is 10.7 Å². The van der Waals surface area contributed by atoms with Crippen LogP contribution in [-0.2, 0) is 6.61 Å². The smallest absolute Gasteiger partial charge is 0.265 e. The van der Waals surface area contributed by atoms with E-state index in [1.54, 1.807) is 23.5 Å². The zero-order valence-electron chi connectivity index (χ0n) is 13.2. The summed E-state index contributed by atoms with van der Waals surface area (Å²) in [5.41, 5.74) is 4.54. The minimum Gasteiger partial charge on any atom is -0.487 e. The number of nitrogens with zero attached hydrogens (tertiary/aromatic N) is 2. The summed E-state index contributed by atoms with van der Waals surface area (Å²) >= 11 is 1.61. The van der Waals surface area contributed by atoms with Gasteiger partial charge in [0.1, 0.15) is 12.4 Å². The molecule has 0 spiro atoms. The molecule has 0 bridgehead atoms. The Morgan fingerprint density at radius 3 is 2.65 bits per heavy atom. The second-order valence-electron chi connectivity index (χ2n) is 5.66. The summed E-state index contributed by atoms with van der Waals surface area (Å²) in [6.45, 7) is 4.29. The molecule has 2 aromatic rings. The molecule has 2 heterocycles. The Morgan fingerprint density at radius 2 is 2.00 bits per heavy atom. The summed E-state index contributed by atoms with van der Waals surface area (Å²) in [5.74, 6) is 0.679. The first-order valence-corrected chi connectivity index (χ1v) is 8.78. The number of nitrogens with one attached hydrogen (secondary N) is 1. The number of hydrogen-bond donors (Lipinski definition) is 1. The van der Waals surface area contributed by atoms with Crippen molar-refractivity contribution in [1.29, 1.82) is 0 Å². The number of ether oxygens (including phenoxy) is 1. The highest BCUT2D eigenvalue weighted by molar-refractivity contribution is 7.09. The topological polar surface area (TPSA) is 54.5 Å². The third-order valence-corrected chi connectivity index (χ3v) is 4.61. The molecule has 1 saturated heterocycles. The van der Waals surface area contributed by atoms with Crippen molar-refractivity contribution in [2.75, 3.05) is 13.1 Å². The second kappa shape index (κ2) is 7.57. The normalized spacial score (nSPS) is 15.3. The Hall–Kier alpha value is -1.92. The summed E-state index contributed by atoms with van der Waals surface area (Å²) in [5, 5.41) is 5.03. The molecule has 1 fully saturated rings. The van der Waals surface area contributed by atoms with Crippen LogP contribution in [0, 0.1) is 6.92 Å². The number of hydrogen-bond acceptors (Lipinski definition) is 5. The highest BCUT2D eigenvalue weighted by Gasteiger charge is 2.14. The SMILES string of the molecule is Cc1nc(COc2ccc(C(=O)NN3CCCCC3)cc2)cs1. The molecule has 1 N–H and O–H groups in total. The number of aryl methyl sites for hydroxylation is 1. The maximum atomic E-state index is 12.2. The van der Waals surface area contributed by atoms with Gasteiger partial charge in [0.2, 0.25) is 0 Å². The Balaban J connectivity index is 1.52. The van der Waals surface area contributed by atoms with Crippen LogP contribution in [0.3, 0.4) is 0 Å². The number of aromatic nitrogens is 1. The summed E-state index contributed by atoms with van der Waals surface area (Å²) in [4.78, 5) is 16.6. The van der Waals surface area contributed by atoms with Gasteiger partial charge in [-0.2, -0.15) is 0 Å². The second-order valence-corrected chi connectivity index (χ2v) is 6.72. The molecule has 1 aliphatic rings. The first-order chi connectivity index (χ1) is 11.2. The lowest BCUT2D eigenvalue weighted by Crippen LogP contribution is -2.45. The van der Waals surface area contributed by atoms with Crippen LogP contribution >= 0.6 is 11.3 Å². The predicted molar refractivity (Wildman–Crippen MR) is 90.5 cm³/mol. The van der Waals surface area contributed by atoms with Gasteiger partial charge in [-0.3, -0.25) is 10.2 Å². The molecular weight excluding hydrogens is 310 g/mol. The van der Waals surface area contributed by atoms with Crippen LogP contribution in [0.15, 0.2) is 29.6 Å². The van der Waals surface area contributed by atoms with Crippen LogP contribution in [-0.4, -0.2) is 29.0 Å². The van der Waals surface area contributed by atoms with Crippen molar-refractivity contribution in [3.8, 4) is 5.75 Å². The van der Waals surface area contributed by atoms with E-state index in [2.05, 4.69) is 10.4 Å². The van der Waals surface area contributed by atoms with E-state index in [1.807, 2.05) is 29.4 Å². The number of piperidine rings is 1. The zero-order valence-corrected chi connectivity index (χ0v) is 14.1. The van der Waals surface area contributed by atoms with E-state index >= 15 is 0 Å². The van der Waals surface area contributed by atoms with Gasteiger partial charge in [-0.25, -0.2) is 9.99 Å². The van der Waals surface area contributed by atoms with Gasteiger partial charge in [0, 0.05) is 24.0 Å². The zero-order chi connectivity index (χ0) is 16.1.